The van der Waals surface area contributed by atoms with Crippen molar-refractivity contribution in [2.24, 2.45) is 0 Å². The van der Waals surface area contributed by atoms with Gasteiger partial charge in [-0.3, -0.25) is 4.79 Å². The maximum absolute atomic E-state index is 13.9. The molecule has 0 N–H and O–H groups in total. The number of fused-ring (bicyclic) bond motifs is 1. The van der Waals surface area contributed by atoms with Gasteiger partial charge in [0.25, 0.3) is 5.91 Å². The molecule has 6 nitrogen and oxygen atoms in total. The van der Waals surface area contributed by atoms with Crippen molar-refractivity contribution in [2.75, 3.05) is 13.2 Å². The summed E-state index contributed by atoms with van der Waals surface area (Å²) >= 11 is 0. The van der Waals surface area contributed by atoms with E-state index < -0.39 is 11.7 Å². The third-order valence-corrected chi connectivity index (χ3v) is 6.18. The van der Waals surface area contributed by atoms with Gasteiger partial charge in [-0.25, -0.2) is 9.50 Å². The van der Waals surface area contributed by atoms with E-state index in [-0.39, 0.29) is 24.4 Å². The average molecular weight is 480 g/mol. The summed E-state index contributed by atoms with van der Waals surface area (Å²) < 4.78 is 45.8. The summed E-state index contributed by atoms with van der Waals surface area (Å²) in [5, 5.41) is 4.68. The van der Waals surface area contributed by atoms with Crippen molar-refractivity contribution in [2.45, 2.75) is 31.5 Å². The van der Waals surface area contributed by atoms with Gasteiger partial charge in [-0.2, -0.15) is 18.3 Å². The molecule has 1 amide bonds. The molecule has 4 heterocycles. The predicted octanol–water partition coefficient (Wildman–Crippen LogP) is 5.49. The highest BCUT2D eigenvalue weighted by atomic mass is 19.4. The minimum absolute atomic E-state index is 0.0944. The van der Waals surface area contributed by atoms with Crippen molar-refractivity contribution in [1.82, 2.24) is 19.5 Å². The van der Waals surface area contributed by atoms with Crippen LogP contribution in [0, 0.1) is 0 Å². The number of likely N-dealkylation sites (tertiary alicyclic amines) is 1. The van der Waals surface area contributed by atoms with Gasteiger partial charge in [0.1, 0.15) is 12.3 Å². The maximum Gasteiger partial charge on any atom is 0.417 e. The van der Waals surface area contributed by atoms with Crippen LogP contribution in [0.2, 0.25) is 0 Å². The lowest BCUT2D eigenvalue weighted by molar-refractivity contribution is -0.137. The number of amides is 1. The Balaban J connectivity index is 1.41. The lowest BCUT2D eigenvalue weighted by Crippen LogP contribution is -2.46. The van der Waals surface area contributed by atoms with E-state index in [9.17, 15) is 18.0 Å². The SMILES string of the molecule is O=C(c1c(-c2ccccc2)nn2ccccc12)N1CCCC[C@H]1COc1ccc(C(F)(F)F)cn1. The number of nitrogens with zero attached hydrogens (tertiary/aromatic N) is 4. The van der Waals surface area contributed by atoms with Crippen LogP contribution >= 0.6 is 0 Å². The number of aromatic nitrogens is 3. The minimum Gasteiger partial charge on any atom is -0.475 e. The Bertz CT molecular complexity index is 1320. The Morgan fingerprint density at radius 3 is 2.57 bits per heavy atom. The number of hydrogen-bond acceptors (Lipinski definition) is 4. The molecule has 4 aromatic rings. The second-order valence-electron chi connectivity index (χ2n) is 8.46. The molecule has 1 atom stereocenters. The van der Waals surface area contributed by atoms with Crippen molar-refractivity contribution < 1.29 is 22.7 Å². The zero-order valence-electron chi connectivity index (χ0n) is 18.8. The van der Waals surface area contributed by atoms with Crippen molar-refractivity contribution in [3.63, 3.8) is 0 Å². The third kappa shape index (κ3) is 4.71. The number of alkyl halides is 3. The Morgan fingerprint density at radius 2 is 1.83 bits per heavy atom. The smallest absolute Gasteiger partial charge is 0.417 e. The fourth-order valence-corrected chi connectivity index (χ4v) is 4.41. The Labute approximate surface area is 200 Å². The molecule has 1 aliphatic rings. The van der Waals surface area contributed by atoms with Gasteiger partial charge in [0.05, 0.1) is 22.7 Å². The largest absolute Gasteiger partial charge is 0.475 e. The summed E-state index contributed by atoms with van der Waals surface area (Å²) in [5.74, 6) is -0.0457. The van der Waals surface area contributed by atoms with E-state index in [1.165, 1.54) is 6.07 Å². The second kappa shape index (κ2) is 9.40. The van der Waals surface area contributed by atoms with Crippen molar-refractivity contribution in [3.05, 3.63) is 84.2 Å². The lowest BCUT2D eigenvalue weighted by Gasteiger charge is -2.35. The zero-order chi connectivity index (χ0) is 24.4. The topological polar surface area (TPSA) is 59.7 Å². The first-order valence-electron chi connectivity index (χ1n) is 11.4. The molecular weight excluding hydrogens is 457 g/mol. The molecule has 0 unspecified atom stereocenters. The molecule has 1 aromatic carbocycles. The Hall–Kier alpha value is -3.88. The molecular formula is C26H23F3N4O2. The zero-order valence-corrected chi connectivity index (χ0v) is 18.8. The average Bonchev–Trinajstić information content (AvgIpc) is 3.27. The van der Waals surface area contributed by atoms with Crippen LogP contribution in [-0.2, 0) is 6.18 Å². The fourth-order valence-electron chi connectivity index (χ4n) is 4.41. The lowest BCUT2D eigenvalue weighted by atomic mass is 9.99. The van der Waals surface area contributed by atoms with Crippen LogP contribution in [0.3, 0.4) is 0 Å². The van der Waals surface area contributed by atoms with Gasteiger partial charge >= 0.3 is 6.18 Å². The van der Waals surface area contributed by atoms with Gasteiger partial charge in [0, 0.05) is 30.6 Å². The van der Waals surface area contributed by atoms with Crippen molar-refractivity contribution in [1.29, 1.82) is 0 Å². The van der Waals surface area contributed by atoms with Crippen LogP contribution in [0.25, 0.3) is 16.8 Å². The molecule has 5 rings (SSSR count). The summed E-state index contributed by atoms with van der Waals surface area (Å²) in [7, 11) is 0. The van der Waals surface area contributed by atoms with Crippen LogP contribution in [0.5, 0.6) is 5.88 Å². The number of halogens is 3. The predicted molar refractivity (Wildman–Crippen MR) is 124 cm³/mol. The van der Waals surface area contributed by atoms with Crippen LogP contribution < -0.4 is 4.74 Å². The molecule has 180 valence electrons. The number of rotatable bonds is 5. The van der Waals surface area contributed by atoms with Crippen LogP contribution in [0.15, 0.2) is 73.1 Å². The molecule has 35 heavy (non-hydrogen) atoms. The third-order valence-electron chi connectivity index (χ3n) is 6.18. The molecule has 9 heteroatoms. The monoisotopic (exact) mass is 480 g/mol. The number of piperidine rings is 1. The van der Waals surface area contributed by atoms with Gasteiger partial charge in [-0.05, 0) is 37.5 Å². The van der Waals surface area contributed by atoms with Crippen molar-refractivity contribution >= 4 is 11.4 Å². The van der Waals surface area contributed by atoms with Gasteiger partial charge in [0.2, 0.25) is 5.88 Å². The van der Waals surface area contributed by atoms with E-state index in [2.05, 4.69) is 10.1 Å². The standard InChI is InChI=1S/C26H23F3N4O2/c27-26(28,29)19-12-13-22(30-16-19)35-17-20-10-4-6-14-32(20)25(34)23-21-11-5-7-15-33(21)31-24(23)18-8-2-1-3-9-18/h1-3,5,7-9,11-13,15-16,20H,4,6,10,14,17H2/t20-/m0/s1. The fraction of sp³-hybridized carbons (Fsp3) is 0.269. The van der Waals surface area contributed by atoms with E-state index in [0.717, 1.165) is 37.1 Å². The molecule has 1 aliphatic heterocycles. The normalized spacial score (nSPS) is 16.4. The van der Waals surface area contributed by atoms with E-state index in [4.69, 9.17) is 4.74 Å². The molecule has 0 spiro atoms. The second-order valence-corrected chi connectivity index (χ2v) is 8.46. The number of benzene rings is 1. The van der Waals surface area contributed by atoms with E-state index in [0.29, 0.717) is 23.3 Å². The highest BCUT2D eigenvalue weighted by Crippen LogP contribution is 2.31. The molecule has 0 radical (unpaired) electrons. The molecule has 0 aliphatic carbocycles. The summed E-state index contributed by atoms with van der Waals surface area (Å²) in [5.41, 5.74) is 1.86. The molecule has 3 aromatic heterocycles. The first-order valence-corrected chi connectivity index (χ1v) is 11.4. The number of pyridine rings is 2. The highest BCUT2D eigenvalue weighted by molar-refractivity contribution is 6.06. The first-order chi connectivity index (χ1) is 16.9. The number of ether oxygens (including phenoxy) is 1. The Kier molecular flexibility index (Phi) is 6.15. The van der Waals surface area contributed by atoms with Crippen LogP contribution in [0.4, 0.5) is 13.2 Å². The van der Waals surface area contributed by atoms with Gasteiger partial charge < -0.3 is 9.64 Å². The summed E-state index contributed by atoms with van der Waals surface area (Å²) in [6.45, 7) is 0.704. The maximum atomic E-state index is 13.9. The Morgan fingerprint density at radius 1 is 1.03 bits per heavy atom. The van der Waals surface area contributed by atoms with Gasteiger partial charge in [-0.15, -0.1) is 0 Å². The summed E-state index contributed by atoms with van der Waals surface area (Å²) in [4.78, 5) is 19.5. The number of carbonyl (C=O) groups is 1. The molecule has 0 saturated carbocycles. The number of carbonyl (C=O) groups excluding carboxylic acids is 1. The molecule has 1 fully saturated rings. The summed E-state index contributed by atoms with van der Waals surface area (Å²) in [6.07, 6.45) is 0.629. The van der Waals surface area contributed by atoms with E-state index in [1.807, 2.05) is 54.7 Å². The van der Waals surface area contributed by atoms with Gasteiger partial charge in [-0.1, -0.05) is 36.4 Å². The molecule has 1 saturated heterocycles. The highest BCUT2D eigenvalue weighted by Gasteiger charge is 2.33. The molecule has 0 bridgehead atoms. The van der Waals surface area contributed by atoms with E-state index in [1.54, 1.807) is 9.42 Å². The quantitative estimate of drug-likeness (QED) is 0.379. The van der Waals surface area contributed by atoms with Crippen LogP contribution in [0.1, 0.15) is 35.2 Å². The van der Waals surface area contributed by atoms with E-state index >= 15 is 0 Å². The number of hydrogen-bond donors (Lipinski definition) is 0. The minimum atomic E-state index is -4.46. The van der Waals surface area contributed by atoms with Crippen molar-refractivity contribution in [3.8, 4) is 17.1 Å². The first kappa shape index (κ1) is 22.9. The van der Waals surface area contributed by atoms with Gasteiger partial charge in [0.15, 0.2) is 0 Å². The van der Waals surface area contributed by atoms with Crippen LogP contribution in [-0.4, -0.2) is 44.6 Å². The summed E-state index contributed by atoms with van der Waals surface area (Å²) in [6, 6.07) is 17.1.